The van der Waals surface area contributed by atoms with Crippen LogP contribution in [0.15, 0.2) is 18.2 Å². The number of benzene rings is 1. The lowest BCUT2D eigenvalue weighted by atomic mass is 9.90. The van der Waals surface area contributed by atoms with Gasteiger partial charge in [0.15, 0.2) is 0 Å². The molecule has 0 saturated heterocycles. The zero-order valence-electron chi connectivity index (χ0n) is 20.2. The summed E-state index contributed by atoms with van der Waals surface area (Å²) < 4.78 is 42.5. The van der Waals surface area contributed by atoms with Crippen LogP contribution in [0.4, 0.5) is 8.78 Å². The third kappa shape index (κ3) is 13.2. The molecule has 168 valence electrons. The van der Waals surface area contributed by atoms with Crippen LogP contribution in [0.25, 0.3) is 0 Å². The van der Waals surface area contributed by atoms with Crippen LogP contribution in [0.1, 0.15) is 92.2 Å². The van der Waals surface area contributed by atoms with Gasteiger partial charge in [0.25, 0.3) is 0 Å². The van der Waals surface area contributed by atoms with Gasteiger partial charge in [-0.1, -0.05) is 53.7 Å². The Morgan fingerprint density at radius 3 is 1.86 bits per heavy atom. The maximum absolute atomic E-state index is 13.4. The minimum absolute atomic E-state index is 0.0278. The predicted octanol–water partition coefficient (Wildman–Crippen LogP) is 7.76. The van der Waals surface area contributed by atoms with E-state index in [2.05, 4.69) is 0 Å². The molecule has 0 fully saturated rings. The van der Waals surface area contributed by atoms with Crippen molar-refractivity contribution in [1.82, 2.24) is 0 Å². The average molecular weight is 423 g/mol. The van der Waals surface area contributed by atoms with Gasteiger partial charge in [-0.05, 0) is 50.8 Å². The van der Waals surface area contributed by atoms with E-state index in [9.17, 15) is 13.0 Å². The van der Waals surface area contributed by atoms with Gasteiger partial charge in [0.1, 0.15) is 5.75 Å². The van der Waals surface area contributed by atoms with Gasteiger partial charge in [-0.3, -0.25) is 4.21 Å². The molecular formula is C23H44F2O2S. The van der Waals surface area contributed by atoms with Crippen molar-refractivity contribution >= 4 is 10.8 Å². The fourth-order valence-corrected chi connectivity index (χ4v) is 2.09. The van der Waals surface area contributed by atoms with Crippen molar-refractivity contribution in [1.29, 1.82) is 0 Å². The van der Waals surface area contributed by atoms with E-state index in [1.807, 2.05) is 80.5 Å². The lowest BCUT2D eigenvalue weighted by Gasteiger charge is -2.21. The first-order valence-corrected chi connectivity index (χ1v) is 11.8. The molecule has 5 heteroatoms. The number of ether oxygens (including phenoxy) is 1. The first-order chi connectivity index (χ1) is 12.9. The molecule has 0 radical (unpaired) electrons. The third-order valence-corrected chi connectivity index (χ3v) is 5.79. The second-order valence-corrected chi connectivity index (χ2v) is 9.19. The highest BCUT2D eigenvalue weighted by Crippen LogP contribution is 2.35. The molecule has 0 N–H and O–H groups in total. The van der Waals surface area contributed by atoms with Crippen molar-refractivity contribution in [2.45, 2.75) is 98.7 Å². The van der Waals surface area contributed by atoms with Gasteiger partial charge in [-0.2, -0.15) is 0 Å². The highest BCUT2D eigenvalue weighted by Gasteiger charge is 2.29. The smallest absolute Gasteiger partial charge is 0.248 e. The van der Waals surface area contributed by atoms with E-state index in [4.69, 9.17) is 4.74 Å². The van der Waals surface area contributed by atoms with E-state index in [0.29, 0.717) is 0 Å². The normalized spacial score (nSPS) is 12.8. The molecule has 0 saturated carbocycles. The molecule has 28 heavy (non-hydrogen) atoms. The van der Waals surface area contributed by atoms with Gasteiger partial charge in [0.05, 0.1) is 7.11 Å². The van der Waals surface area contributed by atoms with Gasteiger partial charge in [-0.25, -0.2) is 8.78 Å². The van der Waals surface area contributed by atoms with E-state index in [1.54, 1.807) is 13.4 Å². The Bertz CT molecular complexity index is 538. The van der Waals surface area contributed by atoms with Crippen LogP contribution in [0.5, 0.6) is 5.75 Å². The van der Waals surface area contributed by atoms with E-state index in [-0.39, 0.29) is 23.5 Å². The summed E-state index contributed by atoms with van der Waals surface area (Å²) in [6, 6.07) is 5.60. The number of alkyl halides is 2. The molecule has 2 atom stereocenters. The van der Waals surface area contributed by atoms with Gasteiger partial charge >= 0.3 is 0 Å². The summed E-state index contributed by atoms with van der Waals surface area (Å²) in [6.45, 7) is 19.2. The maximum Gasteiger partial charge on any atom is 0.248 e. The van der Waals surface area contributed by atoms with Crippen molar-refractivity contribution in [2.24, 2.45) is 0 Å². The summed E-state index contributed by atoms with van der Waals surface area (Å²) in [5.41, 5.74) is 1.90. The standard InChI is InChI=1S/C14H20F2O.C5H12OS.2C2H6/c1-5-14(15,16)9-10(2)12-7-6-8-13(17-4)11(12)3;1-5(2,3)7(4)6;2*1-2/h6-8,10H,5,9H2,1-4H3;1-4H3;2*1-2H3/t10-;;;/m0.../s1. The molecule has 2 nitrogen and oxygen atoms in total. The fourth-order valence-electron chi connectivity index (χ4n) is 2.09. The molecule has 0 aliphatic carbocycles. The summed E-state index contributed by atoms with van der Waals surface area (Å²) in [5.74, 6) is -2.00. The molecular weight excluding hydrogens is 378 g/mol. The first-order valence-electron chi connectivity index (χ1n) is 10.2. The molecule has 1 unspecified atom stereocenters. The molecule has 0 aromatic heterocycles. The SMILES string of the molecule is CC.CC.CCC(F)(F)C[C@H](C)c1cccc(OC)c1C.CS(=O)C(C)(C)C. The summed E-state index contributed by atoms with van der Waals surface area (Å²) in [7, 11) is 0.912. The molecule has 1 aromatic rings. The van der Waals surface area contributed by atoms with Crippen LogP contribution in [0.2, 0.25) is 0 Å². The second-order valence-electron chi connectivity index (χ2n) is 7.06. The van der Waals surface area contributed by atoms with E-state index >= 15 is 0 Å². The monoisotopic (exact) mass is 422 g/mol. The minimum atomic E-state index is -2.59. The molecule has 0 aliphatic heterocycles. The van der Waals surface area contributed by atoms with Crippen molar-refractivity contribution in [3.05, 3.63) is 29.3 Å². The van der Waals surface area contributed by atoms with E-state index < -0.39 is 16.7 Å². The molecule has 1 rings (SSSR count). The molecule has 1 aromatic carbocycles. The van der Waals surface area contributed by atoms with Crippen LogP contribution in [-0.4, -0.2) is 28.2 Å². The van der Waals surface area contributed by atoms with Crippen molar-refractivity contribution < 1.29 is 17.7 Å². The van der Waals surface area contributed by atoms with Crippen LogP contribution < -0.4 is 4.74 Å². The quantitative estimate of drug-likeness (QED) is 0.484. The Kier molecular flexibility index (Phi) is 18.0. The predicted molar refractivity (Wildman–Crippen MR) is 123 cm³/mol. The summed E-state index contributed by atoms with van der Waals surface area (Å²) in [5, 5.41) is 0. The van der Waals surface area contributed by atoms with Gasteiger partial charge in [-0.15, -0.1) is 0 Å². The summed E-state index contributed by atoms with van der Waals surface area (Å²) in [4.78, 5) is 0. The summed E-state index contributed by atoms with van der Waals surface area (Å²) >= 11 is 0. The van der Waals surface area contributed by atoms with E-state index in [1.165, 1.54) is 6.92 Å². The maximum atomic E-state index is 13.4. The van der Waals surface area contributed by atoms with E-state index in [0.717, 1.165) is 16.9 Å². The Hall–Kier alpha value is -0.970. The molecule has 0 amide bonds. The number of hydrogen-bond donors (Lipinski definition) is 0. The second kappa shape index (κ2) is 15.9. The van der Waals surface area contributed by atoms with Crippen LogP contribution in [0, 0.1) is 6.92 Å². The zero-order valence-corrected chi connectivity index (χ0v) is 21.0. The fraction of sp³-hybridized carbons (Fsp3) is 0.739. The third-order valence-electron chi connectivity index (χ3n) is 4.06. The molecule has 0 bridgehead atoms. The summed E-state index contributed by atoms with van der Waals surface area (Å²) in [6.07, 6.45) is 1.50. The average Bonchev–Trinajstić information content (AvgIpc) is 2.64. The zero-order chi connectivity index (χ0) is 23.1. The van der Waals surface area contributed by atoms with Crippen molar-refractivity contribution in [2.75, 3.05) is 13.4 Å². The Morgan fingerprint density at radius 2 is 1.54 bits per heavy atom. The molecule has 0 spiro atoms. The Labute approximate surface area is 175 Å². The van der Waals surface area contributed by atoms with Crippen LogP contribution in [-0.2, 0) is 10.8 Å². The first kappa shape index (κ1) is 31.7. The Morgan fingerprint density at radius 1 is 1.11 bits per heavy atom. The number of halogens is 2. The highest BCUT2D eigenvalue weighted by atomic mass is 32.2. The lowest BCUT2D eigenvalue weighted by molar-refractivity contribution is -0.0167. The van der Waals surface area contributed by atoms with Crippen molar-refractivity contribution in [3.63, 3.8) is 0 Å². The highest BCUT2D eigenvalue weighted by molar-refractivity contribution is 7.85. The number of hydrogen-bond acceptors (Lipinski definition) is 2. The van der Waals surface area contributed by atoms with Gasteiger partial charge in [0, 0.05) is 34.6 Å². The topological polar surface area (TPSA) is 26.3 Å². The van der Waals surface area contributed by atoms with Gasteiger partial charge in [0.2, 0.25) is 5.92 Å². The minimum Gasteiger partial charge on any atom is -0.496 e. The number of methoxy groups -OCH3 is 1. The molecule has 0 aliphatic rings. The largest absolute Gasteiger partial charge is 0.496 e. The van der Waals surface area contributed by atoms with Crippen LogP contribution >= 0.6 is 0 Å². The van der Waals surface area contributed by atoms with Crippen LogP contribution in [0.3, 0.4) is 0 Å². The molecule has 0 heterocycles. The Balaban J connectivity index is -0.000000477. The number of rotatable bonds is 5. The van der Waals surface area contributed by atoms with Crippen molar-refractivity contribution in [3.8, 4) is 5.75 Å². The lowest BCUT2D eigenvalue weighted by Crippen LogP contribution is -2.19. The van der Waals surface area contributed by atoms with Gasteiger partial charge < -0.3 is 4.74 Å².